The van der Waals surface area contributed by atoms with E-state index in [9.17, 15) is 4.79 Å². The summed E-state index contributed by atoms with van der Waals surface area (Å²) in [6.07, 6.45) is 6.22. The van der Waals surface area contributed by atoms with Crippen LogP contribution in [0, 0.1) is 0 Å². The Morgan fingerprint density at radius 3 is 2.52 bits per heavy atom. The zero-order chi connectivity index (χ0) is 19.1. The summed E-state index contributed by atoms with van der Waals surface area (Å²) < 4.78 is 4.70. The van der Waals surface area contributed by atoms with E-state index in [1.807, 2.05) is 25.2 Å². The van der Waals surface area contributed by atoms with Gasteiger partial charge in [-0.15, -0.1) is 0 Å². The van der Waals surface area contributed by atoms with Gasteiger partial charge in [0, 0.05) is 37.9 Å². The average molecular weight is 363 g/mol. The zero-order valence-corrected chi connectivity index (χ0v) is 15.3. The molecule has 138 valence electrons. The third-order valence-electron chi connectivity index (χ3n) is 4.08. The maximum absolute atomic E-state index is 11.5. The number of benzene rings is 1. The van der Waals surface area contributed by atoms with E-state index in [1.165, 1.54) is 12.7 Å². The van der Waals surface area contributed by atoms with Crippen molar-refractivity contribution in [1.82, 2.24) is 15.0 Å². The molecule has 0 aliphatic heterocycles. The molecule has 0 fully saturated rings. The number of carbonyl (C=O) groups excluding carboxylic acids is 1. The van der Waals surface area contributed by atoms with Gasteiger partial charge in [-0.3, -0.25) is 4.98 Å². The fourth-order valence-corrected chi connectivity index (χ4v) is 2.52. The number of methoxy groups -OCH3 is 1. The predicted octanol–water partition coefficient (Wildman–Crippen LogP) is 3.08. The first kappa shape index (κ1) is 18.3. The number of likely N-dealkylation sites (N-methyl/N-ethyl adjacent to an activating group) is 1. The van der Waals surface area contributed by atoms with Crippen molar-refractivity contribution in [1.29, 1.82) is 0 Å². The molecule has 0 radical (unpaired) electrons. The Hall–Kier alpha value is -3.48. The molecule has 0 spiro atoms. The van der Waals surface area contributed by atoms with E-state index >= 15 is 0 Å². The summed E-state index contributed by atoms with van der Waals surface area (Å²) in [5, 5.41) is 3.15. The molecule has 0 amide bonds. The van der Waals surface area contributed by atoms with Gasteiger partial charge < -0.3 is 15.0 Å². The highest BCUT2D eigenvalue weighted by Gasteiger charge is 2.07. The van der Waals surface area contributed by atoms with Crippen molar-refractivity contribution < 1.29 is 9.53 Å². The van der Waals surface area contributed by atoms with Crippen molar-refractivity contribution in [3.05, 3.63) is 72.2 Å². The summed E-state index contributed by atoms with van der Waals surface area (Å²) in [7, 11) is 3.36. The minimum absolute atomic E-state index is 0.365. The normalized spacial score (nSPS) is 10.3. The molecule has 7 nitrogen and oxygen atoms in total. The van der Waals surface area contributed by atoms with Crippen LogP contribution in [0.2, 0.25) is 0 Å². The van der Waals surface area contributed by atoms with Crippen molar-refractivity contribution in [3.8, 4) is 0 Å². The Balaban J connectivity index is 1.63. The Bertz CT molecular complexity index is 884. The molecule has 3 rings (SSSR count). The minimum Gasteiger partial charge on any atom is -0.465 e. The number of aromatic nitrogens is 3. The average Bonchev–Trinajstić information content (AvgIpc) is 2.73. The molecule has 2 heterocycles. The third-order valence-corrected chi connectivity index (χ3v) is 4.08. The Morgan fingerprint density at radius 2 is 1.81 bits per heavy atom. The van der Waals surface area contributed by atoms with Crippen molar-refractivity contribution in [3.63, 3.8) is 0 Å². The van der Waals surface area contributed by atoms with Gasteiger partial charge in [0.2, 0.25) is 5.95 Å². The minimum atomic E-state index is -0.365. The number of nitrogens with zero attached hydrogens (tertiary/aromatic N) is 4. The summed E-state index contributed by atoms with van der Waals surface area (Å²) in [6, 6.07) is 12.9. The highest BCUT2D eigenvalue weighted by atomic mass is 16.5. The van der Waals surface area contributed by atoms with Crippen LogP contribution < -0.4 is 10.2 Å². The topological polar surface area (TPSA) is 80.2 Å². The van der Waals surface area contributed by atoms with Crippen LogP contribution in [0.1, 0.15) is 15.9 Å². The van der Waals surface area contributed by atoms with Crippen molar-refractivity contribution in [2.75, 3.05) is 30.9 Å². The summed E-state index contributed by atoms with van der Waals surface area (Å²) in [6.45, 7) is 0.828. The van der Waals surface area contributed by atoms with Crippen molar-refractivity contribution in [2.45, 2.75) is 6.42 Å². The van der Waals surface area contributed by atoms with Crippen LogP contribution in [0.25, 0.3) is 0 Å². The molecule has 0 bridgehead atoms. The van der Waals surface area contributed by atoms with E-state index in [2.05, 4.69) is 25.2 Å². The number of hydrogen-bond acceptors (Lipinski definition) is 7. The molecule has 0 aliphatic carbocycles. The molecule has 2 aromatic heterocycles. The summed E-state index contributed by atoms with van der Waals surface area (Å²) in [4.78, 5) is 26.4. The number of nitrogens with one attached hydrogen (secondary N) is 1. The van der Waals surface area contributed by atoms with Crippen LogP contribution in [-0.2, 0) is 11.2 Å². The molecule has 7 heteroatoms. The maximum atomic E-state index is 11.5. The first-order valence-electron chi connectivity index (χ1n) is 8.54. The van der Waals surface area contributed by atoms with Gasteiger partial charge in [0.25, 0.3) is 0 Å². The molecule has 3 aromatic rings. The second kappa shape index (κ2) is 8.75. The number of anilines is 3. The van der Waals surface area contributed by atoms with E-state index in [4.69, 9.17) is 4.74 Å². The Kier molecular flexibility index (Phi) is 5.94. The van der Waals surface area contributed by atoms with Gasteiger partial charge in [-0.1, -0.05) is 0 Å². The third kappa shape index (κ3) is 5.01. The Labute approximate surface area is 158 Å². The van der Waals surface area contributed by atoms with Crippen molar-refractivity contribution >= 4 is 23.4 Å². The molecule has 27 heavy (non-hydrogen) atoms. The van der Waals surface area contributed by atoms with Crippen LogP contribution in [0.3, 0.4) is 0 Å². The number of esters is 1. The summed E-state index contributed by atoms with van der Waals surface area (Å²) in [5.41, 5.74) is 2.52. The molecule has 1 aromatic carbocycles. The number of pyridine rings is 1. The predicted molar refractivity (Wildman–Crippen MR) is 104 cm³/mol. The molecule has 0 saturated heterocycles. The van der Waals surface area contributed by atoms with Gasteiger partial charge in [0.15, 0.2) is 0 Å². The largest absolute Gasteiger partial charge is 0.465 e. The number of rotatable bonds is 7. The lowest BCUT2D eigenvalue weighted by Crippen LogP contribution is -2.21. The second-order valence-electron chi connectivity index (χ2n) is 5.96. The van der Waals surface area contributed by atoms with Crippen LogP contribution in [0.4, 0.5) is 17.5 Å². The molecular weight excluding hydrogens is 342 g/mol. The quantitative estimate of drug-likeness (QED) is 0.646. The van der Waals surface area contributed by atoms with Crippen LogP contribution in [0.5, 0.6) is 0 Å². The zero-order valence-electron chi connectivity index (χ0n) is 15.3. The van der Waals surface area contributed by atoms with E-state index < -0.39 is 0 Å². The fourth-order valence-electron chi connectivity index (χ4n) is 2.52. The smallest absolute Gasteiger partial charge is 0.337 e. The van der Waals surface area contributed by atoms with Gasteiger partial charge in [0.1, 0.15) is 5.82 Å². The Morgan fingerprint density at radius 1 is 1.07 bits per heavy atom. The van der Waals surface area contributed by atoms with E-state index in [-0.39, 0.29) is 5.97 Å². The summed E-state index contributed by atoms with van der Waals surface area (Å²) >= 11 is 0. The number of carbonyl (C=O) groups is 1. The van der Waals surface area contributed by atoms with Gasteiger partial charge in [-0.25, -0.2) is 9.78 Å². The summed E-state index contributed by atoms with van der Waals surface area (Å²) in [5.74, 6) is 0.956. The van der Waals surface area contributed by atoms with Crippen LogP contribution >= 0.6 is 0 Å². The second-order valence-corrected chi connectivity index (χ2v) is 5.96. The lowest BCUT2D eigenvalue weighted by Gasteiger charge is -2.18. The lowest BCUT2D eigenvalue weighted by atomic mass is 10.2. The fraction of sp³-hybridized carbons (Fsp3) is 0.200. The van der Waals surface area contributed by atoms with E-state index in [0.29, 0.717) is 11.5 Å². The van der Waals surface area contributed by atoms with Gasteiger partial charge in [0.05, 0.1) is 12.7 Å². The molecular formula is C20H21N5O2. The number of hydrogen-bond donors (Lipinski definition) is 1. The van der Waals surface area contributed by atoms with E-state index in [1.54, 1.807) is 42.9 Å². The van der Waals surface area contributed by atoms with Gasteiger partial charge in [-0.2, -0.15) is 4.98 Å². The molecule has 0 saturated carbocycles. The van der Waals surface area contributed by atoms with Gasteiger partial charge >= 0.3 is 5.97 Å². The lowest BCUT2D eigenvalue weighted by molar-refractivity contribution is 0.0601. The number of ether oxygens (including phenoxy) is 1. The molecule has 0 aliphatic rings. The molecule has 0 unspecified atom stereocenters. The van der Waals surface area contributed by atoms with E-state index in [0.717, 1.165) is 24.5 Å². The van der Waals surface area contributed by atoms with Crippen LogP contribution in [0.15, 0.2) is 61.1 Å². The molecule has 0 atom stereocenters. The van der Waals surface area contributed by atoms with Crippen molar-refractivity contribution in [2.24, 2.45) is 0 Å². The van der Waals surface area contributed by atoms with Gasteiger partial charge in [-0.05, 0) is 54.4 Å². The highest BCUT2D eigenvalue weighted by Crippen LogP contribution is 2.17. The van der Waals surface area contributed by atoms with Crippen LogP contribution in [-0.4, -0.2) is 41.6 Å². The SMILES string of the molecule is COC(=O)c1ccc(Nc2nccc(N(C)CCc3ccncc3)n2)cc1. The highest BCUT2D eigenvalue weighted by molar-refractivity contribution is 5.89. The molecule has 1 N–H and O–H groups in total. The first-order chi connectivity index (χ1) is 13.2. The first-order valence-corrected chi connectivity index (χ1v) is 8.54. The standard InChI is InChI=1S/C20H21N5O2/c1-25(14-10-15-7-11-21-12-8-15)18-9-13-22-20(24-18)23-17-5-3-16(4-6-17)19(26)27-2/h3-9,11-13H,10,14H2,1-2H3,(H,22,23,24). The maximum Gasteiger partial charge on any atom is 0.337 e. The monoisotopic (exact) mass is 363 g/mol.